The van der Waals surface area contributed by atoms with Gasteiger partial charge in [0.15, 0.2) is 0 Å². The normalized spacial score (nSPS) is 14.8. The number of nitrogens with one attached hydrogen (secondary N) is 2. The second-order valence-corrected chi connectivity index (χ2v) is 4.75. The largest absolute Gasteiger partial charge is 0.293 e. The van der Waals surface area contributed by atoms with E-state index in [4.69, 9.17) is 0 Å². The molecule has 8 heteroatoms. The number of hydrogen-bond donors (Lipinski definition) is 2. The van der Waals surface area contributed by atoms with E-state index in [2.05, 4.69) is 25.6 Å². The number of amides is 1. The standard InChI is InChI=1S/C12H14N6O2/c1-7(11(20)15-12-13-6-14-16-12)18-10(19)5-8-3-2-4-9(8)17-18/h5-7H,2-4H2,1H3,(H2,13,14,15,16,20)/t7-/m0/s1. The molecular formula is C12H14N6O2. The number of fused-ring (bicyclic) bond motifs is 1. The molecule has 0 saturated carbocycles. The zero-order valence-electron chi connectivity index (χ0n) is 11.0. The van der Waals surface area contributed by atoms with Crippen LogP contribution in [0.25, 0.3) is 0 Å². The highest BCUT2D eigenvalue weighted by Crippen LogP contribution is 2.18. The summed E-state index contributed by atoms with van der Waals surface area (Å²) in [5.74, 6) is -0.120. The number of H-pyrrole nitrogens is 1. The Morgan fingerprint density at radius 1 is 1.50 bits per heavy atom. The maximum atomic E-state index is 12.1. The number of rotatable bonds is 3. The number of nitrogens with zero attached hydrogens (tertiary/aromatic N) is 4. The van der Waals surface area contributed by atoms with E-state index < -0.39 is 6.04 Å². The molecule has 0 bridgehead atoms. The first-order valence-corrected chi connectivity index (χ1v) is 6.43. The van der Waals surface area contributed by atoms with Crippen LogP contribution in [0.2, 0.25) is 0 Å². The molecule has 2 heterocycles. The number of hydrogen-bond acceptors (Lipinski definition) is 5. The number of aryl methyl sites for hydroxylation is 2. The lowest BCUT2D eigenvalue weighted by molar-refractivity contribution is -0.119. The van der Waals surface area contributed by atoms with Gasteiger partial charge in [0, 0.05) is 6.07 Å². The molecule has 20 heavy (non-hydrogen) atoms. The number of anilines is 1. The van der Waals surface area contributed by atoms with Crippen LogP contribution in [0, 0.1) is 0 Å². The average Bonchev–Trinajstić information content (AvgIpc) is 3.07. The second kappa shape index (κ2) is 4.87. The zero-order chi connectivity index (χ0) is 14.1. The van der Waals surface area contributed by atoms with Crippen molar-refractivity contribution in [3.8, 4) is 0 Å². The minimum Gasteiger partial charge on any atom is -0.293 e. The summed E-state index contributed by atoms with van der Waals surface area (Å²) >= 11 is 0. The van der Waals surface area contributed by atoms with Crippen LogP contribution in [0.15, 0.2) is 17.2 Å². The highest BCUT2D eigenvalue weighted by molar-refractivity contribution is 5.91. The first kappa shape index (κ1) is 12.5. The van der Waals surface area contributed by atoms with Gasteiger partial charge in [-0.3, -0.25) is 14.9 Å². The molecule has 8 nitrogen and oxygen atoms in total. The van der Waals surface area contributed by atoms with Gasteiger partial charge < -0.3 is 0 Å². The summed E-state index contributed by atoms with van der Waals surface area (Å²) in [5.41, 5.74) is 1.64. The monoisotopic (exact) mass is 274 g/mol. The van der Waals surface area contributed by atoms with Crippen LogP contribution in [-0.2, 0) is 17.6 Å². The Balaban J connectivity index is 1.85. The maximum absolute atomic E-state index is 12.1. The minimum atomic E-state index is -0.710. The SMILES string of the molecule is C[C@@H](C(=O)Nc1ncn[nH]1)n1nc2c(cc1=O)CCC2. The summed E-state index contributed by atoms with van der Waals surface area (Å²) in [6.07, 6.45) is 4.04. The molecule has 2 N–H and O–H groups in total. The number of aromatic nitrogens is 5. The lowest BCUT2D eigenvalue weighted by Crippen LogP contribution is -2.34. The fraction of sp³-hybridized carbons (Fsp3) is 0.417. The van der Waals surface area contributed by atoms with Crippen LogP contribution in [0.4, 0.5) is 5.95 Å². The van der Waals surface area contributed by atoms with E-state index in [9.17, 15) is 9.59 Å². The molecule has 0 aliphatic heterocycles. The lowest BCUT2D eigenvalue weighted by atomic mass is 10.2. The molecule has 3 rings (SSSR count). The Bertz CT molecular complexity index is 690. The topological polar surface area (TPSA) is 106 Å². The Morgan fingerprint density at radius 3 is 3.10 bits per heavy atom. The number of carbonyl (C=O) groups is 1. The molecule has 2 aromatic rings. The molecule has 1 aliphatic carbocycles. The van der Waals surface area contributed by atoms with Crippen LogP contribution in [0.5, 0.6) is 0 Å². The highest BCUT2D eigenvalue weighted by Gasteiger charge is 2.21. The van der Waals surface area contributed by atoms with Gasteiger partial charge in [-0.15, -0.1) is 0 Å². The summed E-state index contributed by atoms with van der Waals surface area (Å²) in [6.45, 7) is 1.63. The van der Waals surface area contributed by atoms with Crippen LogP contribution < -0.4 is 10.9 Å². The van der Waals surface area contributed by atoms with E-state index in [0.29, 0.717) is 0 Å². The summed E-state index contributed by atoms with van der Waals surface area (Å²) in [6, 6.07) is 0.867. The van der Waals surface area contributed by atoms with E-state index in [1.165, 1.54) is 11.0 Å². The highest BCUT2D eigenvalue weighted by atomic mass is 16.2. The van der Waals surface area contributed by atoms with Crippen molar-refractivity contribution in [2.75, 3.05) is 5.32 Å². The van der Waals surface area contributed by atoms with Crippen molar-refractivity contribution in [2.45, 2.75) is 32.2 Å². The third kappa shape index (κ3) is 2.20. The summed E-state index contributed by atoms with van der Waals surface area (Å²) in [4.78, 5) is 27.9. The van der Waals surface area contributed by atoms with Gasteiger partial charge in [0.25, 0.3) is 11.5 Å². The molecular weight excluding hydrogens is 260 g/mol. The van der Waals surface area contributed by atoms with Crippen LogP contribution in [0.3, 0.4) is 0 Å². The fourth-order valence-corrected chi connectivity index (χ4v) is 2.29. The van der Waals surface area contributed by atoms with Crippen molar-refractivity contribution in [1.82, 2.24) is 25.0 Å². The second-order valence-electron chi connectivity index (χ2n) is 4.75. The number of carbonyl (C=O) groups excluding carboxylic acids is 1. The molecule has 0 radical (unpaired) electrons. The predicted molar refractivity (Wildman–Crippen MR) is 70.2 cm³/mol. The van der Waals surface area contributed by atoms with Gasteiger partial charge in [0.2, 0.25) is 5.95 Å². The lowest BCUT2D eigenvalue weighted by Gasteiger charge is -2.13. The van der Waals surface area contributed by atoms with E-state index >= 15 is 0 Å². The molecule has 1 atom stereocenters. The van der Waals surface area contributed by atoms with Crippen molar-refractivity contribution in [3.63, 3.8) is 0 Å². The molecule has 0 unspecified atom stereocenters. The Hall–Kier alpha value is -2.51. The predicted octanol–water partition coefficient (Wildman–Crippen LogP) is 0.0498. The van der Waals surface area contributed by atoms with Crippen LogP contribution >= 0.6 is 0 Å². The van der Waals surface area contributed by atoms with Gasteiger partial charge in [0.05, 0.1) is 5.69 Å². The Labute approximate surface area is 114 Å². The molecule has 0 aromatic carbocycles. The van der Waals surface area contributed by atoms with E-state index in [1.54, 1.807) is 13.0 Å². The average molecular weight is 274 g/mol. The fourth-order valence-electron chi connectivity index (χ4n) is 2.29. The van der Waals surface area contributed by atoms with Gasteiger partial charge in [-0.25, -0.2) is 9.78 Å². The first-order valence-electron chi connectivity index (χ1n) is 6.43. The van der Waals surface area contributed by atoms with Gasteiger partial charge in [-0.05, 0) is 31.7 Å². The van der Waals surface area contributed by atoms with Crippen molar-refractivity contribution < 1.29 is 4.79 Å². The first-order chi connectivity index (χ1) is 9.65. The smallest absolute Gasteiger partial charge is 0.267 e. The molecule has 1 aliphatic rings. The van der Waals surface area contributed by atoms with Gasteiger partial charge in [0.1, 0.15) is 12.4 Å². The molecule has 0 spiro atoms. The van der Waals surface area contributed by atoms with Gasteiger partial charge in [-0.2, -0.15) is 15.2 Å². The maximum Gasteiger partial charge on any atom is 0.267 e. The van der Waals surface area contributed by atoms with Crippen molar-refractivity contribution in [2.24, 2.45) is 0 Å². The number of aromatic amines is 1. The van der Waals surface area contributed by atoms with Crippen molar-refractivity contribution >= 4 is 11.9 Å². The molecule has 0 saturated heterocycles. The molecule has 2 aromatic heterocycles. The minimum absolute atomic E-state index is 0.246. The quantitative estimate of drug-likeness (QED) is 0.822. The third-order valence-electron chi connectivity index (χ3n) is 3.39. The zero-order valence-corrected chi connectivity index (χ0v) is 11.0. The van der Waals surface area contributed by atoms with Gasteiger partial charge >= 0.3 is 0 Å². The van der Waals surface area contributed by atoms with Gasteiger partial charge in [-0.1, -0.05) is 0 Å². The molecule has 1 amide bonds. The van der Waals surface area contributed by atoms with Crippen LogP contribution in [-0.4, -0.2) is 30.9 Å². The van der Waals surface area contributed by atoms with E-state index in [-0.39, 0.29) is 17.4 Å². The molecule has 0 fully saturated rings. The van der Waals surface area contributed by atoms with Crippen molar-refractivity contribution in [1.29, 1.82) is 0 Å². The summed E-state index contributed by atoms with van der Waals surface area (Å²) in [5, 5.41) is 13.0. The Morgan fingerprint density at radius 2 is 2.35 bits per heavy atom. The Kier molecular flexibility index (Phi) is 3.05. The van der Waals surface area contributed by atoms with Crippen LogP contribution in [0.1, 0.15) is 30.6 Å². The molecule has 104 valence electrons. The van der Waals surface area contributed by atoms with Crippen molar-refractivity contribution in [3.05, 3.63) is 34.0 Å². The third-order valence-corrected chi connectivity index (χ3v) is 3.39. The summed E-state index contributed by atoms with van der Waals surface area (Å²) < 4.78 is 1.22. The van der Waals surface area contributed by atoms with E-state index in [1.807, 2.05) is 0 Å². The summed E-state index contributed by atoms with van der Waals surface area (Å²) in [7, 11) is 0. The van der Waals surface area contributed by atoms with E-state index in [0.717, 1.165) is 30.5 Å².